The molecule has 9 aromatic rings. The molecule has 2 nitrogen and oxygen atoms in total. The average molecular weight is 510 g/mol. The van der Waals surface area contributed by atoms with E-state index in [4.69, 9.17) is 4.42 Å². The second kappa shape index (κ2) is 8.08. The van der Waals surface area contributed by atoms with Crippen LogP contribution in [-0.2, 0) is 0 Å². The van der Waals surface area contributed by atoms with Gasteiger partial charge in [-0.1, -0.05) is 103 Å². The summed E-state index contributed by atoms with van der Waals surface area (Å²) >= 11 is 0. The van der Waals surface area contributed by atoms with Gasteiger partial charge in [0.05, 0.1) is 16.7 Å². The van der Waals surface area contributed by atoms with Crippen molar-refractivity contribution in [1.82, 2.24) is 4.57 Å². The summed E-state index contributed by atoms with van der Waals surface area (Å²) in [6.45, 7) is 0. The maximum absolute atomic E-state index is 6.11. The number of aromatic nitrogens is 1. The van der Waals surface area contributed by atoms with Crippen molar-refractivity contribution in [3.63, 3.8) is 0 Å². The van der Waals surface area contributed by atoms with Crippen LogP contribution in [0.2, 0.25) is 0 Å². The Morgan fingerprint density at radius 2 is 1.12 bits per heavy atom. The third-order valence-electron chi connectivity index (χ3n) is 8.39. The molecular weight excluding hydrogens is 486 g/mol. The van der Waals surface area contributed by atoms with Gasteiger partial charge in [-0.05, 0) is 63.7 Å². The normalized spacial score (nSPS) is 12.0. The van der Waals surface area contributed by atoms with Gasteiger partial charge in [-0.25, -0.2) is 0 Å². The molecule has 0 unspecified atom stereocenters. The van der Waals surface area contributed by atoms with Crippen LogP contribution in [0, 0.1) is 0 Å². The molecule has 0 saturated carbocycles. The van der Waals surface area contributed by atoms with Gasteiger partial charge in [-0.15, -0.1) is 0 Å². The Morgan fingerprint density at radius 1 is 0.425 bits per heavy atom. The maximum Gasteiger partial charge on any atom is 0.135 e. The first-order chi connectivity index (χ1) is 19.8. The molecule has 0 aliphatic heterocycles. The maximum atomic E-state index is 6.11. The minimum atomic E-state index is 0.920. The summed E-state index contributed by atoms with van der Waals surface area (Å²) in [5, 5.41) is 9.90. The summed E-state index contributed by atoms with van der Waals surface area (Å²) in [7, 11) is 0. The fourth-order valence-electron chi connectivity index (χ4n) is 6.62. The third kappa shape index (κ3) is 2.93. The highest BCUT2D eigenvalue weighted by atomic mass is 16.3. The van der Waals surface area contributed by atoms with Gasteiger partial charge in [0.25, 0.3) is 0 Å². The molecule has 0 spiro atoms. The number of furan rings is 1. The van der Waals surface area contributed by atoms with Gasteiger partial charge in [0.15, 0.2) is 0 Å². The van der Waals surface area contributed by atoms with Gasteiger partial charge < -0.3 is 8.98 Å². The molecule has 0 fully saturated rings. The van der Waals surface area contributed by atoms with Crippen LogP contribution in [-0.4, -0.2) is 4.57 Å². The zero-order valence-electron chi connectivity index (χ0n) is 21.6. The van der Waals surface area contributed by atoms with E-state index in [0.29, 0.717) is 0 Å². The first-order valence-corrected chi connectivity index (χ1v) is 13.7. The van der Waals surface area contributed by atoms with Gasteiger partial charge >= 0.3 is 0 Å². The lowest BCUT2D eigenvalue weighted by atomic mass is 9.96. The number of rotatable bonds is 2. The zero-order chi connectivity index (χ0) is 26.2. The molecule has 0 aliphatic carbocycles. The van der Waals surface area contributed by atoms with Crippen molar-refractivity contribution >= 4 is 65.3 Å². The van der Waals surface area contributed by atoms with Crippen molar-refractivity contribution in [3.8, 4) is 16.8 Å². The van der Waals surface area contributed by atoms with Crippen molar-refractivity contribution in [2.24, 2.45) is 0 Å². The summed E-state index contributed by atoms with van der Waals surface area (Å²) in [6, 6.07) is 50.2. The molecule has 2 aromatic heterocycles. The van der Waals surface area contributed by atoms with Crippen molar-refractivity contribution < 1.29 is 4.42 Å². The molecule has 186 valence electrons. The number of hydrogen-bond acceptors (Lipinski definition) is 1. The van der Waals surface area contributed by atoms with E-state index in [0.717, 1.165) is 21.9 Å². The lowest BCUT2D eigenvalue weighted by Crippen LogP contribution is -1.96. The van der Waals surface area contributed by atoms with Crippen molar-refractivity contribution in [2.75, 3.05) is 0 Å². The van der Waals surface area contributed by atoms with E-state index in [1.54, 1.807) is 0 Å². The zero-order valence-corrected chi connectivity index (χ0v) is 21.6. The van der Waals surface area contributed by atoms with Crippen molar-refractivity contribution in [1.29, 1.82) is 0 Å². The molecule has 0 amide bonds. The monoisotopic (exact) mass is 509 g/mol. The van der Waals surface area contributed by atoms with Crippen LogP contribution >= 0.6 is 0 Å². The Bertz CT molecular complexity index is 2440. The molecule has 0 atom stereocenters. The Balaban J connectivity index is 1.34. The van der Waals surface area contributed by atoms with Crippen LogP contribution in [0.1, 0.15) is 0 Å². The molecule has 7 aromatic carbocycles. The summed E-state index contributed by atoms with van der Waals surface area (Å²) < 4.78 is 8.55. The summed E-state index contributed by atoms with van der Waals surface area (Å²) in [5.74, 6) is 0. The van der Waals surface area contributed by atoms with E-state index in [-0.39, 0.29) is 0 Å². The van der Waals surface area contributed by atoms with Crippen LogP contribution in [0.5, 0.6) is 0 Å². The van der Waals surface area contributed by atoms with Crippen LogP contribution in [0.25, 0.3) is 82.1 Å². The second-order valence-electron chi connectivity index (χ2n) is 10.5. The van der Waals surface area contributed by atoms with Gasteiger partial charge in [0.1, 0.15) is 11.2 Å². The Kier molecular flexibility index (Phi) is 4.36. The molecule has 0 saturated heterocycles. The fraction of sp³-hybridized carbons (Fsp3) is 0. The first kappa shape index (κ1) is 21.6. The summed E-state index contributed by atoms with van der Waals surface area (Å²) in [5.41, 5.74) is 7.89. The summed E-state index contributed by atoms with van der Waals surface area (Å²) in [4.78, 5) is 0. The molecule has 2 heterocycles. The SMILES string of the molecule is c1ccc2c(c1)ccc1c2c2ccccc2n1-c1ccc(-c2ccc3oc4ccccc4c3c2)c2ccccc12. The van der Waals surface area contributed by atoms with Crippen LogP contribution in [0.3, 0.4) is 0 Å². The Hall–Kier alpha value is -5.34. The predicted octanol–water partition coefficient (Wildman–Crippen LogP) is 10.7. The number of hydrogen-bond donors (Lipinski definition) is 0. The van der Waals surface area contributed by atoms with Crippen LogP contribution < -0.4 is 0 Å². The van der Waals surface area contributed by atoms with E-state index in [2.05, 4.69) is 132 Å². The third-order valence-corrected chi connectivity index (χ3v) is 8.39. The van der Waals surface area contributed by atoms with E-state index in [9.17, 15) is 0 Å². The van der Waals surface area contributed by atoms with Gasteiger partial charge in [-0.3, -0.25) is 0 Å². The van der Waals surface area contributed by atoms with E-state index < -0.39 is 0 Å². The van der Waals surface area contributed by atoms with E-state index >= 15 is 0 Å². The summed E-state index contributed by atoms with van der Waals surface area (Å²) in [6.07, 6.45) is 0. The van der Waals surface area contributed by atoms with E-state index in [1.807, 2.05) is 12.1 Å². The smallest absolute Gasteiger partial charge is 0.135 e. The number of benzene rings is 7. The second-order valence-corrected chi connectivity index (χ2v) is 10.5. The van der Waals surface area contributed by atoms with Crippen molar-refractivity contribution in [3.05, 3.63) is 140 Å². The Morgan fingerprint density at radius 3 is 2.02 bits per heavy atom. The highest BCUT2D eigenvalue weighted by Gasteiger charge is 2.17. The highest BCUT2D eigenvalue weighted by Crippen LogP contribution is 2.41. The molecule has 0 N–H and O–H groups in total. The number of nitrogens with zero attached hydrogens (tertiary/aromatic N) is 1. The van der Waals surface area contributed by atoms with Gasteiger partial charge in [0, 0.05) is 26.9 Å². The Labute approximate surface area is 230 Å². The molecular formula is C38H23NO. The minimum absolute atomic E-state index is 0.920. The largest absolute Gasteiger partial charge is 0.456 e. The molecule has 0 radical (unpaired) electrons. The topological polar surface area (TPSA) is 18.1 Å². The van der Waals surface area contributed by atoms with Crippen LogP contribution in [0.4, 0.5) is 0 Å². The molecule has 9 rings (SSSR count). The quantitative estimate of drug-likeness (QED) is 0.227. The molecule has 2 heteroatoms. The fourth-order valence-corrected chi connectivity index (χ4v) is 6.62. The average Bonchev–Trinajstić information content (AvgIpc) is 3.56. The van der Waals surface area contributed by atoms with Crippen molar-refractivity contribution in [2.45, 2.75) is 0 Å². The molecule has 0 bridgehead atoms. The number of fused-ring (bicyclic) bond motifs is 9. The van der Waals surface area contributed by atoms with Crippen LogP contribution in [0.15, 0.2) is 144 Å². The minimum Gasteiger partial charge on any atom is -0.456 e. The molecule has 0 aliphatic rings. The van der Waals surface area contributed by atoms with E-state index in [1.165, 1.54) is 60.2 Å². The van der Waals surface area contributed by atoms with Gasteiger partial charge in [0.2, 0.25) is 0 Å². The highest BCUT2D eigenvalue weighted by molar-refractivity contribution is 6.22. The first-order valence-electron chi connectivity index (χ1n) is 13.7. The predicted molar refractivity (Wildman–Crippen MR) is 169 cm³/mol. The lowest BCUT2D eigenvalue weighted by Gasteiger charge is -2.15. The van der Waals surface area contributed by atoms with Gasteiger partial charge in [-0.2, -0.15) is 0 Å². The standard InChI is InChI=1S/C38H23NO/c1-2-10-27-24(9-1)17-20-35-38(27)31-14-5-7-15-33(31)39(35)34-21-19-26(28-11-3-4-12-29(28)34)25-18-22-37-32(23-25)30-13-6-8-16-36(30)40-37/h1-23H. The molecule has 40 heavy (non-hydrogen) atoms. The number of para-hydroxylation sites is 2. The lowest BCUT2D eigenvalue weighted by molar-refractivity contribution is 0.669.